The fourth-order valence-electron chi connectivity index (χ4n) is 1.75. The van der Waals surface area contributed by atoms with Gasteiger partial charge < -0.3 is 20.1 Å². The lowest BCUT2D eigenvalue weighted by Crippen LogP contribution is -2.26. The monoisotopic (exact) mass is 244 g/mol. The molecule has 1 aromatic rings. The molecule has 0 bridgehead atoms. The Morgan fingerprint density at radius 3 is 2.24 bits per heavy atom. The topological polar surface area (TPSA) is 47.7 Å². The van der Waals surface area contributed by atoms with Crippen LogP contribution in [0, 0.1) is 0 Å². The van der Waals surface area contributed by atoms with E-state index in [1.165, 1.54) is 0 Å². The second kappa shape index (κ2) is 4.12. The largest absolute Gasteiger partial charge is 0.586 e. The maximum Gasteiger partial charge on any atom is 0.586 e. The predicted octanol–water partition coefficient (Wildman–Crippen LogP) is 1.53. The van der Waals surface area contributed by atoms with Crippen LogP contribution in [0.2, 0.25) is 0 Å². The Morgan fingerprint density at radius 2 is 1.71 bits per heavy atom. The highest BCUT2D eigenvalue weighted by atomic mass is 19.3. The van der Waals surface area contributed by atoms with Crippen LogP contribution in [0.5, 0.6) is 11.5 Å². The quantitative estimate of drug-likeness (QED) is 0.876. The molecule has 0 spiro atoms. The summed E-state index contributed by atoms with van der Waals surface area (Å²) < 4.78 is 35.2. The number of nitrogens with zero attached hydrogens (tertiary/aromatic N) is 1. The molecule has 17 heavy (non-hydrogen) atoms. The highest BCUT2D eigenvalue weighted by Gasteiger charge is 2.45. The molecular weight excluding hydrogens is 230 g/mol. The first-order valence-corrected chi connectivity index (χ1v) is 5.18. The van der Waals surface area contributed by atoms with Crippen LogP contribution in [0.25, 0.3) is 0 Å². The van der Waals surface area contributed by atoms with E-state index in [0.29, 0.717) is 17.7 Å². The van der Waals surface area contributed by atoms with Crippen LogP contribution in [0.4, 0.5) is 8.78 Å². The van der Waals surface area contributed by atoms with Crippen molar-refractivity contribution in [3.8, 4) is 11.5 Å². The van der Waals surface area contributed by atoms with Gasteiger partial charge in [0.1, 0.15) is 0 Å². The summed E-state index contributed by atoms with van der Waals surface area (Å²) in [5.74, 6) is 0.142. The fraction of sp³-hybridized carbons (Fsp3) is 0.455. The highest BCUT2D eigenvalue weighted by molar-refractivity contribution is 5.54. The summed E-state index contributed by atoms with van der Waals surface area (Å²) in [5.41, 5.74) is 6.64. The van der Waals surface area contributed by atoms with Crippen LogP contribution in [0.1, 0.15) is 11.1 Å². The van der Waals surface area contributed by atoms with Gasteiger partial charge in [-0.3, -0.25) is 0 Å². The van der Waals surface area contributed by atoms with E-state index in [-0.39, 0.29) is 18.0 Å². The summed E-state index contributed by atoms with van der Waals surface area (Å²) >= 11 is 0. The lowest BCUT2D eigenvalue weighted by molar-refractivity contribution is -0.287. The Morgan fingerprint density at radius 1 is 1.18 bits per heavy atom. The van der Waals surface area contributed by atoms with Gasteiger partial charge in [0.15, 0.2) is 11.5 Å². The zero-order valence-corrected chi connectivity index (χ0v) is 9.67. The Balaban J connectivity index is 2.44. The second-order valence-electron chi connectivity index (χ2n) is 4.15. The van der Waals surface area contributed by atoms with E-state index in [9.17, 15) is 8.78 Å². The average molecular weight is 244 g/mol. The standard InChI is InChI=1S/C11H14F2N2O2/c1-15(2)6-8-4-3-7(5-14)9-10(8)17-11(12,13)16-9/h3-4H,5-6,14H2,1-2H3. The Labute approximate surface area is 97.9 Å². The highest BCUT2D eigenvalue weighted by Crippen LogP contribution is 2.45. The van der Waals surface area contributed by atoms with Crippen LogP contribution in [-0.4, -0.2) is 25.3 Å². The van der Waals surface area contributed by atoms with Crippen LogP contribution in [0.15, 0.2) is 12.1 Å². The third kappa shape index (κ3) is 2.32. The Kier molecular flexibility index (Phi) is 2.92. The molecule has 2 N–H and O–H groups in total. The maximum atomic E-state index is 13.1. The third-order valence-corrected chi connectivity index (χ3v) is 2.42. The number of fused-ring (bicyclic) bond motifs is 1. The van der Waals surface area contributed by atoms with Crippen LogP contribution in [-0.2, 0) is 13.1 Å². The minimum atomic E-state index is -3.60. The van der Waals surface area contributed by atoms with E-state index >= 15 is 0 Å². The van der Waals surface area contributed by atoms with Crippen LogP contribution in [0.3, 0.4) is 0 Å². The SMILES string of the molecule is CN(C)Cc1ccc(CN)c2c1OC(F)(F)O2. The molecule has 4 nitrogen and oxygen atoms in total. The number of ether oxygens (including phenoxy) is 2. The van der Waals surface area contributed by atoms with Crippen molar-refractivity contribution in [2.45, 2.75) is 19.4 Å². The Bertz CT molecular complexity index is 436. The summed E-state index contributed by atoms with van der Waals surface area (Å²) in [7, 11) is 3.69. The Hall–Kier alpha value is -1.40. The number of hydrogen-bond acceptors (Lipinski definition) is 4. The third-order valence-electron chi connectivity index (χ3n) is 2.42. The summed E-state index contributed by atoms with van der Waals surface area (Å²) in [5, 5.41) is 0. The van der Waals surface area contributed by atoms with E-state index in [0.717, 1.165) is 0 Å². The van der Waals surface area contributed by atoms with Crippen LogP contribution >= 0.6 is 0 Å². The molecule has 1 aliphatic rings. The predicted molar refractivity (Wildman–Crippen MR) is 57.9 cm³/mol. The normalized spacial score (nSPS) is 16.6. The molecule has 6 heteroatoms. The van der Waals surface area contributed by atoms with Crippen LogP contribution < -0.4 is 15.2 Å². The first-order chi connectivity index (χ1) is 7.93. The summed E-state index contributed by atoms with van der Waals surface area (Å²) in [4.78, 5) is 1.86. The smallest absolute Gasteiger partial charge is 0.395 e. The summed E-state index contributed by atoms with van der Waals surface area (Å²) in [6, 6.07) is 3.41. The molecule has 0 aliphatic carbocycles. The molecular formula is C11H14F2N2O2. The van der Waals surface area contributed by atoms with Gasteiger partial charge >= 0.3 is 6.29 Å². The fourth-order valence-corrected chi connectivity index (χ4v) is 1.75. The zero-order valence-electron chi connectivity index (χ0n) is 9.67. The minimum Gasteiger partial charge on any atom is -0.395 e. The van der Waals surface area contributed by atoms with Crippen molar-refractivity contribution < 1.29 is 18.3 Å². The molecule has 1 aromatic carbocycles. The lowest BCUT2D eigenvalue weighted by atomic mass is 10.1. The van der Waals surface area contributed by atoms with Crippen molar-refractivity contribution in [2.24, 2.45) is 5.73 Å². The van der Waals surface area contributed by atoms with Gasteiger partial charge in [-0.2, -0.15) is 0 Å². The summed E-state index contributed by atoms with van der Waals surface area (Å²) in [6.45, 7) is 0.622. The van der Waals surface area contributed by atoms with Gasteiger partial charge in [-0.25, -0.2) is 0 Å². The van der Waals surface area contributed by atoms with Gasteiger partial charge in [-0.15, -0.1) is 8.78 Å². The second-order valence-corrected chi connectivity index (χ2v) is 4.15. The molecule has 1 heterocycles. The molecule has 0 atom stereocenters. The van der Waals surface area contributed by atoms with Crippen molar-refractivity contribution >= 4 is 0 Å². The molecule has 0 aromatic heterocycles. The molecule has 2 rings (SSSR count). The van der Waals surface area contributed by atoms with E-state index in [1.54, 1.807) is 12.1 Å². The summed E-state index contributed by atoms with van der Waals surface area (Å²) in [6.07, 6.45) is -3.60. The van der Waals surface area contributed by atoms with Gasteiger partial charge in [0.05, 0.1) is 0 Å². The lowest BCUT2D eigenvalue weighted by Gasteiger charge is -2.12. The zero-order chi connectivity index (χ0) is 12.6. The first kappa shape index (κ1) is 12.1. The van der Waals surface area contributed by atoms with E-state index in [4.69, 9.17) is 5.73 Å². The van der Waals surface area contributed by atoms with Gasteiger partial charge in [0.25, 0.3) is 0 Å². The molecule has 0 unspecified atom stereocenters. The molecule has 0 amide bonds. The number of alkyl halides is 2. The molecule has 1 aliphatic heterocycles. The number of nitrogens with two attached hydrogens (primary N) is 1. The van der Waals surface area contributed by atoms with Crippen molar-refractivity contribution in [3.05, 3.63) is 23.3 Å². The number of rotatable bonds is 3. The minimum absolute atomic E-state index is 0.0526. The van der Waals surface area contributed by atoms with Gasteiger partial charge in [0.2, 0.25) is 0 Å². The van der Waals surface area contributed by atoms with Crippen molar-refractivity contribution in [1.82, 2.24) is 4.90 Å². The van der Waals surface area contributed by atoms with Crippen molar-refractivity contribution in [2.75, 3.05) is 14.1 Å². The molecule has 0 saturated carbocycles. The van der Waals surface area contributed by atoms with Gasteiger partial charge in [-0.1, -0.05) is 12.1 Å². The average Bonchev–Trinajstić information content (AvgIpc) is 2.53. The van der Waals surface area contributed by atoms with E-state index in [1.807, 2.05) is 19.0 Å². The van der Waals surface area contributed by atoms with Gasteiger partial charge in [-0.05, 0) is 14.1 Å². The number of benzene rings is 1. The molecule has 0 saturated heterocycles. The van der Waals surface area contributed by atoms with E-state index in [2.05, 4.69) is 9.47 Å². The van der Waals surface area contributed by atoms with E-state index < -0.39 is 6.29 Å². The molecule has 0 radical (unpaired) electrons. The number of hydrogen-bond donors (Lipinski definition) is 1. The molecule has 0 fully saturated rings. The molecule has 94 valence electrons. The van der Waals surface area contributed by atoms with Gasteiger partial charge in [0, 0.05) is 24.2 Å². The number of halogens is 2. The first-order valence-electron chi connectivity index (χ1n) is 5.18. The van der Waals surface area contributed by atoms with Crippen molar-refractivity contribution in [1.29, 1.82) is 0 Å². The van der Waals surface area contributed by atoms with Crippen molar-refractivity contribution in [3.63, 3.8) is 0 Å². The maximum absolute atomic E-state index is 13.1.